The SMILES string of the molecule is COc1ccc(C(=O)N2CCCC(C)(C)CC2)cc1N. The van der Waals surface area contributed by atoms with Crippen LogP contribution in [0.2, 0.25) is 0 Å². The maximum Gasteiger partial charge on any atom is 0.253 e. The maximum absolute atomic E-state index is 12.5. The van der Waals surface area contributed by atoms with Gasteiger partial charge in [-0.25, -0.2) is 0 Å². The molecule has 20 heavy (non-hydrogen) atoms. The van der Waals surface area contributed by atoms with E-state index in [0.29, 0.717) is 22.4 Å². The Hall–Kier alpha value is -1.71. The summed E-state index contributed by atoms with van der Waals surface area (Å²) in [4.78, 5) is 14.5. The summed E-state index contributed by atoms with van der Waals surface area (Å²) in [6, 6.07) is 5.25. The summed E-state index contributed by atoms with van der Waals surface area (Å²) in [5, 5.41) is 0. The Morgan fingerprint density at radius 1 is 1.30 bits per heavy atom. The van der Waals surface area contributed by atoms with E-state index in [1.807, 2.05) is 4.90 Å². The first-order valence-corrected chi connectivity index (χ1v) is 7.16. The lowest BCUT2D eigenvalue weighted by Gasteiger charge is -2.23. The van der Waals surface area contributed by atoms with E-state index in [2.05, 4.69) is 13.8 Å². The van der Waals surface area contributed by atoms with Crippen LogP contribution < -0.4 is 10.5 Å². The molecule has 2 N–H and O–H groups in total. The van der Waals surface area contributed by atoms with Crippen molar-refractivity contribution < 1.29 is 9.53 Å². The normalized spacial score (nSPS) is 18.4. The van der Waals surface area contributed by atoms with Crippen molar-refractivity contribution >= 4 is 11.6 Å². The Morgan fingerprint density at radius 2 is 2.05 bits per heavy atom. The highest BCUT2D eigenvalue weighted by Crippen LogP contribution is 2.30. The van der Waals surface area contributed by atoms with E-state index in [9.17, 15) is 4.79 Å². The Morgan fingerprint density at radius 3 is 2.70 bits per heavy atom. The zero-order valence-corrected chi connectivity index (χ0v) is 12.6. The van der Waals surface area contributed by atoms with Gasteiger partial charge in [0.05, 0.1) is 12.8 Å². The van der Waals surface area contributed by atoms with Gasteiger partial charge in [-0.3, -0.25) is 4.79 Å². The average Bonchev–Trinajstić information content (AvgIpc) is 2.59. The second-order valence-corrected chi connectivity index (χ2v) is 6.27. The van der Waals surface area contributed by atoms with E-state index in [1.165, 1.54) is 6.42 Å². The van der Waals surface area contributed by atoms with Gasteiger partial charge in [0.1, 0.15) is 5.75 Å². The monoisotopic (exact) mass is 276 g/mol. The molecule has 1 aromatic rings. The molecule has 0 aromatic heterocycles. The molecule has 1 aliphatic rings. The molecule has 4 nitrogen and oxygen atoms in total. The summed E-state index contributed by atoms with van der Waals surface area (Å²) >= 11 is 0. The predicted molar refractivity (Wildman–Crippen MR) is 80.9 cm³/mol. The van der Waals surface area contributed by atoms with Crippen LogP contribution >= 0.6 is 0 Å². The number of carbonyl (C=O) groups excluding carboxylic acids is 1. The van der Waals surface area contributed by atoms with Crippen molar-refractivity contribution in [3.63, 3.8) is 0 Å². The molecule has 0 unspecified atom stereocenters. The summed E-state index contributed by atoms with van der Waals surface area (Å²) < 4.78 is 5.12. The minimum Gasteiger partial charge on any atom is -0.495 e. The van der Waals surface area contributed by atoms with Crippen LogP contribution in [0, 0.1) is 5.41 Å². The van der Waals surface area contributed by atoms with E-state index >= 15 is 0 Å². The molecule has 1 fully saturated rings. The third-order valence-electron chi connectivity index (χ3n) is 4.10. The molecule has 0 bridgehead atoms. The van der Waals surface area contributed by atoms with Crippen molar-refractivity contribution in [3.8, 4) is 5.75 Å². The van der Waals surface area contributed by atoms with E-state index in [1.54, 1.807) is 25.3 Å². The van der Waals surface area contributed by atoms with Gasteiger partial charge in [0, 0.05) is 18.7 Å². The summed E-state index contributed by atoms with van der Waals surface area (Å²) in [5.41, 5.74) is 7.35. The molecule has 1 heterocycles. The molecule has 2 rings (SSSR count). The van der Waals surface area contributed by atoms with Gasteiger partial charge in [-0.2, -0.15) is 0 Å². The molecule has 1 aromatic carbocycles. The lowest BCUT2D eigenvalue weighted by atomic mass is 9.85. The maximum atomic E-state index is 12.5. The number of nitrogens with zero attached hydrogens (tertiary/aromatic N) is 1. The zero-order chi connectivity index (χ0) is 14.8. The molecule has 110 valence electrons. The van der Waals surface area contributed by atoms with Gasteiger partial charge in [0.25, 0.3) is 5.91 Å². The third kappa shape index (κ3) is 3.24. The molecule has 0 spiro atoms. The number of benzene rings is 1. The number of rotatable bonds is 2. The first kappa shape index (κ1) is 14.7. The molecule has 0 radical (unpaired) electrons. The van der Waals surface area contributed by atoms with Gasteiger partial charge in [-0.15, -0.1) is 0 Å². The first-order valence-electron chi connectivity index (χ1n) is 7.16. The lowest BCUT2D eigenvalue weighted by Crippen LogP contribution is -2.32. The van der Waals surface area contributed by atoms with E-state index < -0.39 is 0 Å². The lowest BCUT2D eigenvalue weighted by molar-refractivity contribution is 0.0757. The molecule has 1 saturated heterocycles. The van der Waals surface area contributed by atoms with Crippen LogP contribution in [-0.2, 0) is 0 Å². The molecule has 4 heteroatoms. The van der Waals surface area contributed by atoms with Crippen LogP contribution in [0.15, 0.2) is 18.2 Å². The number of nitrogens with two attached hydrogens (primary N) is 1. The molecule has 1 amide bonds. The van der Waals surface area contributed by atoms with Gasteiger partial charge >= 0.3 is 0 Å². The Kier molecular flexibility index (Phi) is 4.21. The Labute approximate surface area is 120 Å². The standard InChI is InChI=1S/C16H24N2O2/c1-16(2)7-4-9-18(10-8-16)15(19)12-5-6-14(20-3)13(17)11-12/h5-6,11H,4,7-10,17H2,1-3H3. The second kappa shape index (κ2) is 5.73. The number of likely N-dealkylation sites (tertiary alicyclic amines) is 1. The number of amides is 1. The molecule has 0 atom stereocenters. The third-order valence-corrected chi connectivity index (χ3v) is 4.10. The summed E-state index contributed by atoms with van der Waals surface area (Å²) in [5.74, 6) is 0.676. The van der Waals surface area contributed by atoms with E-state index in [-0.39, 0.29) is 5.91 Å². The summed E-state index contributed by atoms with van der Waals surface area (Å²) in [6.07, 6.45) is 3.27. The van der Waals surface area contributed by atoms with Gasteiger partial charge in [0.15, 0.2) is 0 Å². The topological polar surface area (TPSA) is 55.6 Å². The van der Waals surface area contributed by atoms with Gasteiger partial charge < -0.3 is 15.4 Å². The quantitative estimate of drug-likeness (QED) is 0.845. The van der Waals surface area contributed by atoms with Gasteiger partial charge in [0.2, 0.25) is 0 Å². The average molecular weight is 276 g/mol. The van der Waals surface area contributed by atoms with Crippen molar-refractivity contribution in [1.29, 1.82) is 0 Å². The van der Waals surface area contributed by atoms with Crippen LogP contribution in [0.5, 0.6) is 5.75 Å². The fourth-order valence-electron chi connectivity index (χ4n) is 2.68. The van der Waals surface area contributed by atoms with Crippen LogP contribution in [0.4, 0.5) is 5.69 Å². The fourth-order valence-corrected chi connectivity index (χ4v) is 2.68. The summed E-state index contributed by atoms with van der Waals surface area (Å²) in [7, 11) is 1.57. The van der Waals surface area contributed by atoms with Crippen molar-refractivity contribution in [3.05, 3.63) is 23.8 Å². The highest BCUT2D eigenvalue weighted by molar-refractivity contribution is 5.95. The highest BCUT2D eigenvalue weighted by Gasteiger charge is 2.26. The van der Waals surface area contributed by atoms with Gasteiger partial charge in [-0.05, 0) is 42.9 Å². The van der Waals surface area contributed by atoms with Crippen LogP contribution in [0.25, 0.3) is 0 Å². The van der Waals surface area contributed by atoms with Crippen LogP contribution in [0.3, 0.4) is 0 Å². The number of anilines is 1. The molecular formula is C16H24N2O2. The number of hydrogen-bond acceptors (Lipinski definition) is 3. The fraction of sp³-hybridized carbons (Fsp3) is 0.562. The number of nitrogen functional groups attached to an aromatic ring is 1. The highest BCUT2D eigenvalue weighted by atomic mass is 16.5. The largest absolute Gasteiger partial charge is 0.495 e. The number of carbonyl (C=O) groups is 1. The number of hydrogen-bond donors (Lipinski definition) is 1. The Balaban J connectivity index is 2.13. The van der Waals surface area contributed by atoms with Crippen molar-refractivity contribution in [2.75, 3.05) is 25.9 Å². The Bertz CT molecular complexity index is 497. The first-order chi connectivity index (χ1) is 9.43. The molecule has 1 aliphatic heterocycles. The molecule has 0 aliphatic carbocycles. The van der Waals surface area contributed by atoms with E-state index in [4.69, 9.17) is 10.5 Å². The summed E-state index contributed by atoms with van der Waals surface area (Å²) in [6.45, 7) is 6.19. The molecule has 0 saturated carbocycles. The van der Waals surface area contributed by atoms with Crippen LogP contribution in [-0.4, -0.2) is 31.0 Å². The number of ether oxygens (including phenoxy) is 1. The van der Waals surface area contributed by atoms with Crippen molar-refractivity contribution in [1.82, 2.24) is 4.90 Å². The van der Waals surface area contributed by atoms with Gasteiger partial charge in [-0.1, -0.05) is 13.8 Å². The predicted octanol–water partition coefficient (Wildman–Crippen LogP) is 2.93. The van der Waals surface area contributed by atoms with Crippen molar-refractivity contribution in [2.24, 2.45) is 5.41 Å². The van der Waals surface area contributed by atoms with Crippen LogP contribution in [0.1, 0.15) is 43.5 Å². The smallest absolute Gasteiger partial charge is 0.253 e. The molecular weight excluding hydrogens is 252 g/mol. The number of methoxy groups -OCH3 is 1. The van der Waals surface area contributed by atoms with Crippen molar-refractivity contribution in [2.45, 2.75) is 33.1 Å². The minimum atomic E-state index is 0.0667. The second-order valence-electron chi connectivity index (χ2n) is 6.27. The minimum absolute atomic E-state index is 0.0667. The van der Waals surface area contributed by atoms with E-state index in [0.717, 1.165) is 25.9 Å². The zero-order valence-electron chi connectivity index (χ0n) is 12.6.